The van der Waals surface area contributed by atoms with E-state index in [-0.39, 0.29) is 49.6 Å². The van der Waals surface area contributed by atoms with Gasteiger partial charge in [-0.15, -0.1) is 0 Å². The zero-order valence-electron chi connectivity index (χ0n) is 23.6. The van der Waals surface area contributed by atoms with E-state index in [1.54, 1.807) is 0 Å². The third kappa shape index (κ3) is 6.88. The van der Waals surface area contributed by atoms with Gasteiger partial charge in [0.25, 0.3) is 0 Å². The van der Waals surface area contributed by atoms with Crippen LogP contribution in [0.1, 0.15) is 50.1 Å². The molecule has 0 amide bonds. The lowest BCUT2D eigenvalue weighted by Gasteiger charge is -2.43. The molecule has 0 spiro atoms. The molecule has 222 valence electrons. The minimum atomic E-state index is -1.57. The number of carboxylic acids is 1. The molecule has 2 heterocycles. The first-order valence-electron chi connectivity index (χ1n) is 14.0. The predicted molar refractivity (Wildman–Crippen MR) is 148 cm³/mol. The number of nitrogens with one attached hydrogen (secondary N) is 1. The molecular formula is C31H37F3N2O5. The predicted octanol–water partition coefficient (Wildman–Crippen LogP) is 5.66. The Labute approximate surface area is 237 Å². The van der Waals surface area contributed by atoms with Crippen LogP contribution in [-0.4, -0.2) is 72.2 Å². The summed E-state index contributed by atoms with van der Waals surface area (Å²) in [5.41, 5.74) is 0.843. The molecule has 2 aliphatic rings. The third-order valence-corrected chi connectivity index (χ3v) is 7.86. The maximum absolute atomic E-state index is 15.7. The zero-order chi connectivity index (χ0) is 29.3. The lowest BCUT2D eigenvalue weighted by atomic mass is 9.87. The Kier molecular flexibility index (Phi) is 8.63. The highest BCUT2D eigenvalue weighted by molar-refractivity contribution is 5.85. The Hall–Kier alpha value is -3.08. The van der Waals surface area contributed by atoms with E-state index >= 15 is 8.78 Å². The van der Waals surface area contributed by atoms with Crippen LogP contribution in [0.5, 0.6) is 5.75 Å². The van der Waals surface area contributed by atoms with Gasteiger partial charge in [0.2, 0.25) is 0 Å². The maximum atomic E-state index is 15.7. The Balaban J connectivity index is 1.27. The number of hydrogen-bond donors (Lipinski definition) is 2. The van der Waals surface area contributed by atoms with Gasteiger partial charge in [0.15, 0.2) is 0 Å². The second-order valence-electron chi connectivity index (χ2n) is 11.8. The molecule has 0 unspecified atom stereocenters. The van der Waals surface area contributed by atoms with Crippen molar-refractivity contribution in [2.45, 2.75) is 51.4 Å². The number of benzene rings is 2. The number of nitrogens with zero attached hydrogens (tertiary/aromatic N) is 1. The van der Waals surface area contributed by atoms with Gasteiger partial charge in [-0.05, 0) is 57.1 Å². The highest BCUT2D eigenvalue weighted by atomic mass is 19.1. The Morgan fingerprint density at radius 1 is 1.10 bits per heavy atom. The average molecular weight is 575 g/mol. The van der Waals surface area contributed by atoms with E-state index in [0.29, 0.717) is 31.2 Å². The Morgan fingerprint density at radius 2 is 1.78 bits per heavy atom. The molecule has 1 saturated carbocycles. The third-order valence-electron chi connectivity index (χ3n) is 7.86. The smallest absolute Gasteiger partial charge is 0.329 e. The van der Waals surface area contributed by atoms with Crippen molar-refractivity contribution in [3.05, 3.63) is 64.9 Å². The lowest BCUT2D eigenvalue weighted by Crippen LogP contribution is -2.48. The van der Waals surface area contributed by atoms with Crippen molar-refractivity contribution in [3.8, 4) is 5.75 Å². The van der Waals surface area contributed by atoms with Gasteiger partial charge in [-0.3, -0.25) is 4.90 Å². The molecule has 0 bridgehead atoms. The first-order chi connectivity index (χ1) is 19.5. The van der Waals surface area contributed by atoms with Crippen molar-refractivity contribution in [2.24, 2.45) is 11.8 Å². The molecule has 7 nitrogen and oxygen atoms in total. The molecule has 0 radical (unpaired) electrons. The van der Waals surface area contributed by atoms with Gasteiger partial charge in [0.1, 0.15) is 36.3 Å². The van der Waals surface area contributed by atoms with E-state index in [9.17, 15) is 9.18 Å². The highest BCUT2D eigenvalue weighted by Crippen LogP contribution is 2.44. The van der Waals surface area contributed by atoms with Crippen LogP contribution < -0.4 is 4.74 Å². The number of carbonyl (C=O) groups is 1. The van der Waals surface area contributed by atoms with Crippen molar-refractivity contribution in [1.29, 1.82) is 0 Å². The summed E-state index contributed by atoms with van der Waals surface area (Å²) >= 11 is 0. The molecule has 0 saturated heterocycles. The fraction of sp³-hybridized carbons (Fsp3) is 0.516. The summed E-state index contributed by atoms with van der Waals surface area (Å²) in [5.74, 6) is -1.86. The van der Waals surface area contributed by atoms with Gasteiger partial charge >= 0.3 is 5.97 Å². The number of H-pyrrole nitrogens is 1. The molecule has 3 aromatic rings. The number of para-hydroxylation sites is 1. The molecule has 2 N–H and O–H groups in total. The lowest BCUT2D eigenvalue weighted by molar-refractivity contribution is -0.142. The van der Waals surface area contributed by atoms with Crippen LogP contribution in [0, 0.1) is 23.5 Å². The van der Waals surface area contributed by atoms with E-state index < -0.39 is 29.3 Å². The molecule has 10 heteroatoms. The summed E-state index contributed by atoms with van der Waals surface area (Å²) in [6.45, 7) is 5.83. The number of alkyl halides is 1. The second-order valence-corrected chi connectivity index (χ2v) is 11.8. The Morgan fingerprint density at radius 3 is 2.46 bits per heavy atom. The minimum Gasteiger partial charge on any atom is -0.491 e. The molecular weight excluding hydrogens is 537 g/mol. The fourth-order valence-electron chi connectivity index (χ4n) is 5.87. The molecule has 5 rings (SSSR count). The van der Waals surface area contributed by atoms with Gasteiger partial charge in [-0.1, -0.05) is 18.2 Å². The highest BCUT2D eigenvalue weighted by Gasteiger charge is 2.41. The summed E-state index contributed by atoms with van der Waals surface area (Å²) < 4.78 is 62.7. The number of hydrogen-bond acceptors (Lipinski definition) is 5. The number of rotatable bonds is 13. The molecule has 1 aliphatic heterocycles. The monoisotopic (exact) mass is 574 g/mol. The standard InChI is InChI=1S/C31H37F3N2O5/c1-18-10-23-22-6-4-5-7-26(22)35-29(23)30(36(18)17-31(2,3)34)28-24(32)12-21(13-25(28)33)41-9-8-39-14-19-11-20(19)15-40-16-27(37)38/h4-7,12-13,18-20,30,35H,8-11,14-17H2,1-3H3,(H,37,38)/t18-,19-,20+,30-/m1/s1. The topological polar surface area (TPSA) is 84.0 Å². The zero-order valence-corrected chi connectivity index (χ0v) is 23.6. The molecule has 2 aromatic carbocycles. The van der Waals surface area contributed by atoms with E-state index in [4.69, 9.17) is 19.3 Å². The van der Waals surface area contributed by atoms with Crippen LogP contribution in [0.3, 0.4) is 0 Å². The number of aromatic amines is 1. The SMILES string of the molecule is C[C@@H]1Cc2c([nH]c3ccccc23)[C@@H](c2c(F)cc(OCCOC[C@H]3C[C@H]3COCC(=O)O)cc2F)N1CC(C)(C)F. The van der Waals surface area contributed by atoms with Crippen LogP contribution in [-0.2, 0) is 20.7 Å². The molecule has 4 atom stereocenters. The fourth-order valence-corrected chi connectivity index (χ4v) is 5.87. The van der Waals surface area contributed by atoms with Crippen molar-refractivity contribution >= 4 is 16.9 Å². The van der Waals surface area contributed by atoms with Crippen LogP contribution >= 0.6 is 0 Å². The minimum absolute atomic E-state index is 0.00957. The summed E-state index contributed by atoms with van der Waals surface area (Å²) in [5, 5.41) is 9.63. The number of halogens is 3. The molecule has 1 aliphatic carbocycles. The first kappa shape index (κ1) is 29.4. The summed E-state index contributed by atoms with van der Waals surface area (Å²) in [7, 11) is 0. The van der Waals surface area contributed by atoms with Crippen molar-refractivity contribution in [2.75, 3.05) is 39.6 Å². The maximum Gasteiger partial charge on any atom is 0.329 e. The van der Waals surface area contributed by atoms with Gasteiger partial charge < -0.3 is 24.3 Å². The van der Waals surface area contributed by atoms with Crippen LogP contribution in [0.2, 0.25) is 0 Å². The summed E-state index contributed by atoms with van der Waals surface area (Å²) in [6, 6.07) is 9.13. The van der Waals surface area contributed by atoms with Crippen molar-refractivity contribution in [1.82, 2.24) is 9.88 Å². The first-order valence-corrected chi connectivity index (χ1v) is 14.0. The molecule has 1 aromatic heterocycles. The Bertz CT molecular complexity index is 1360. The van der Waals surface area contributed by atoms with Crippen LogP contribution in [0.4, 0.5) is 13.2 Å². The number of carboxylic acid groups (broad SMARTS) is 1. The largest absolute Gasteiger partial charge is 0.491 e. The molecule has 1 fully saturated rings. The number of ether oxygens (including phenoxy) is 3. The van der Waals surface area contributed by atoms with E-state index in [0.717, 1.165) is 22.9 Å². The van der Waals surface area contributed by atoms with Gasteiger partial charge in [-0.2, -0.15) is 0 Å². The second kappa shape index (κ2) is 12.0. The normalized spacial score (nSPS) is 22.6. The summed E-state index contributed by atoms with van der Waals surface area (Å²) in [4.78, 5) is 15.7. The number of aromatic nitrogens is 1. The van der Waals surface area contributed by atoms with Crippen molar-refractivity contribution in [3.63, 3.8) is 0 Å². The average Bonchev–Trinajstić information content (AvgIpc) is 3.53. The quantitative estimate of drug-likeness (QED) is 0.256. The van der Waals surface area contributed by atoms with Gasteiger partial charge in [-0.25, -0.2) is 18.0 Å². The molecule has 41 heavy (non-hydrogen) atoms. The van der Waals surface area contributed by atoms with Gasteiger partial charge in [0, 0.05) is 53.5 Å². The van der Waals surface area contributed by atoms with Crippen LogP contribution in [0.15, 0.2) is 36.4 Å². The van der Waals surface area contributed by atoms with E-state index in [1.807, 2.05) is 36.1 Å². The number of aliphatic carboxylic acids is 1. The van der Waals surface area contributed by atoms with Crippen molar-refractivity contribution < 1.29 is 37.3 Å². The van der Waals surface area contributed by atoms with E-state index in [2.05, 4.69) is 4.98 Å². The van der Waals surface area contributed by atoms with E-state index in [1.165, 1.54) is 26.0 Å². The van der Waals surface area contributed by atoms with Crippen LogP contribution in [0.25, 0.3) is 10.9 Å². The number of fused-ring (bicyclic) bond motifs is 3. The summed E-state index contributed by atoms with van der Waals surface area (Å²) in [6.07, 6.45) is 1.54. The van der Waals surface area contributed by atoms with Gasteiger partial charge in [0.05, 0.1) is 19.3 Å².